The maximum atomic E-state index is 12.1. The molecule has 1 saturated heterocycles. The van der Waals surface area contributed by atoms with Crippen LogP contribution in [-0.4, -0.2) is 65.2 Å². The topological polar surface area (TPSA) is 236 Å². The molecular weight excluding hydrogens is 492 g/mol. The van der Waals surface area contributed by atoms with Crippen molar-refractivity contribution in [2.75, 3.05) is 19.8 Å². The van der Waals surface area contributed by atoms with Gasteiger partial charge in [0.2, 0.25) is 6.29 Å². The molecule has 0 aromatic carbocycles. The Kier molecular flexibility index (Phi) is 10.3. The smallest absolute Gasteiger partial charge is 0.432 e. The molecule has 2 rings (SSSR count). The molecular formula is C18H22N6O12. The van der Waals surface area contributed by atoms with Crippen LogP contribution in [0.1, 0.15) is 25.1 Å². The SMILES string of the molecule is Cc1cn([C@H]2C[C@H](N=[N+]=[N-])[C@@H](COC(=O)OC/C=C\COC(=O)OC(C)O[N+](=O)[O-])O2)c(=O)[nH]c1=O. The standard InChI is InChI=1S/C18H22N6O12/c1-10-8-23(16(26)20-15(10)25)14-7-12(21-22-19)13(35-14)9-33-17(27)31-5-3-4-6-32-18(28)34-11(2)36-24(29)30/h3-4,8,11-14H,5-7,9H2,1-2H3,(H,20,25,26)/b4-3-/t11?,12-,13+,14+/m0/s1. The van der Waals surface area contributed by atoms with Crippen molar-refractivity contribution in [2.45, 2.75) is 44.9 Å². The van der Waals surface area contributed by atoms with Crippen LogP contribution in [0.4, 0.5) is 9.59 Å². The second-order valence-electron chi connectivity index (χ2n) is 7.03. The number of aromatic nitrogens is 2. The number of hydrogen-bond donors (Lipinski definition) is 1. The minimum Gasteiger partial charge on any atom is -0.432 e. The number of nitrogens with zero attached hydrogens (tertiary/aromatic N) is 5. The molecule has 1 aromatic heterocycles. The third-order valence-corrected chi connectivity index (χ3v) is 4.48. The predicted molar refractivity (Wildman–Crippen MR) is 114 cm³/mol. The minimum absolute atomic E-state index is 0.0979. The van der Waals surface area contributed by atoms with E-state index in [9.17, 15) is 29.3 Å². The van der Waals surface area contributed by atoms with E-state index < -0.39 is 53.3 Å². The molecule has 0 bridgehead atoms. The fourth-order valence-electron chi connectivity index (χ4n) is 2.90. The van der Waals surface area contributed by atoms with E-state index in [1.54, 1.807) is 0 Å². The summed E-state index contributed by atoms with van der Waals surface area (Å²) in [7, 11) is 0. The Labute approximate surface area is 201 Å². The molecule has 196 valence electrons. The van der Waals surface area contributed by atoms with Crippen molar-refractivity contribution >= 4 is 12.3 Å². The lowest BCUT2D eigenvalue weighted by molar-refractivity contribution is -0.777. The molecule has 18 heteroatoms. The number of carbonyl (C=O) groups is 2. The largest absolute Gasteiger partial charge is 0.510 e. The number of carbonyl (C=O) groups excluding carboxylic acids is 2. The van der Waals surface area contributed by atoms with Gasteiger partial charge in [0.05, 0.1) is 6.04 Å². The quantitative estimate of drug-likeness (QED) is 0.0641. The Bertz CT molecular complexity index is 1140. The second kappa shape index (κ2) is 13.4. The predicted octanol–water partition coefficient (Wildman–Crippen LogP) is 1.23. The molecule has 0 spiro atoms. The van der Waals surface area contributed by atoms with Gasteiger partial charge in [0.1, 0.15) is 32.2 Å². The van der Waals surface area contributed by atoms with Crippen LogP contribution < -0.4 is 11.2 Å². The summed E-state index contributed by atoms with van der Waals surface area (Å²) in [6.07, 6.45) is -1.44. The Morgan fingerprint density at radius 2 is 2.00 bits per heavy atom. The lowest BCUT2D eigenvalue weighted by Crippen LogP contribution is -2.33. The first-order chi connectivity index (χ1) is 17.1. The molecule has 18 nitrogen and oxygen atoms in total. The van der Waals surface area contributed by atoms with Gasteiger partial charge in [-0.05, 0) is 31.5 Å². The Balaban J connectivity index is 1.75. The van der Waals surface area contributed by atoms with E-state index in [-0.39, 0.29) is 31.8 Å². The number of hydrogen-bond acceptors (Lipinski definition) is 13. The average molecular weight is 514 g/mol. The van der Waals surface area contributed by atoms with Gasteiger partial charge in [-0.25, -0.2) is 14.4 Å². The van der Waals surface area contributed by atoms with E-state index in [1.807, 2.05) is 0 Å². The molecule has 36 heavy (non-hydrogen) atoms. The first-order valence-corrected chi connectivity index (χ1v) is 10.2. The molecule has 1 aliphatic heterocycles. The van der Waals surface area contributed by atoms with Gasteiger partial charge in [-0.2, -0.15) is 0 Å². The van der Waals surface area contributed by atoms with Crippen LogP contribution in [0.25, 0.3) is 10.4 Å². The van der Waals surface area contributed by atoms with E-state index in [0.717, 1.165) is 11.5 Å². The third kappa shape index (κ3) is 8.65. The number of azide groups is 1. The average Bonchev–Trinajstić information content (AvgIpc) is 3.19. The molecule has 1 N–H and O–H groups in total. The number of ether oxygens (including phenoxy) is 5. The molecule has 0 aliphatic carbocycles. The number of rotatable bonds is 11. The van der Waals surface area contributed by atoms with Gasteiger partial charge in [0, 0.05) is 23.1 Å². The molecule has 2 heterocycles. The van der Waals surface area contributed by atoms with Gasteiger partial charge < -0.3 is 23.7 Å². The Morgan fingerprint density at radius 1 is 1.33 bits per heavy atom. The summed E-state index contributed by atoms with van der Waals surface area (Å²) in [5.74, 6) is 0. The fourth-order valence-corrected chi connectivity index (χ4v) is 2.90. The molecule has 1 aromatic rings. The van der Waals surface area contributed by atoms with Crippen LogP contribution in [0, 0.1) is 17.0 Å². The van der Waals surface area contributed by atoms with Gasteiger partial charge in [0.15, 0.2) is 0 Å². The summed E-state index contributed by atoms with van der Waals surface area (Å²) < 4.78 is 25.6. The maximum Gasteiger partial charge on any atom is 0.510 e. The molecule has 1 aliphatic rings. The highest BCUT2D eigenvalue weighted by atomic mass is 17.0. The van der Waals surface area contributed by atoms with Crippen molar-refractivity contribution < 1.29 is 43.2 Å². The summed E-state index contributed by atoms with van der Waals surface area (Å²) in [5, 5.41) is 12.6. The monoisotopic (exact) mass is 514 g/mol. The van der Waals surface area contributed by atoms with E-state index in [4.69, 9.17) is 19.7 Å². The van der Waals surface area contributed by atoms with Crippen LogP contribution in [0.5, 0.6) is 0 Å². The Hall–Kier alpha value is -4.57. The Morgan fingerprint density at radius 3 is 2.64 bits per heavy atom. The summed E-state index contributed by atoms with van der Waals surface area (Å²) in [4.78, 5) is 65.6. The normalized spacial score (nSPS) is 19.7. The van der Waals surface area contributed by atoms with E-state index in [1.165, 1.54) is 25.3 Å². The molecule has 4 atom stereocenters. The zero-order valence-corrected chi connectivity index (χ0v) is 19.0. The van der Waals surface area contributed by atoms with Gasteiger partial charge in [-0.15, -0.1) is 10.1 Å². The first kappa shape index (κ1) is 27.7. The highest BCUT2D eigenvalue weighted by molar-refractivity contribution is 5.60. The van der Waals surface area contributed by atoms with Gasteiger partial charge in [-0.3, -0.25) is 19.2 Å². The van der Waals surface area contributed by atoms with E-state index in [2.05, 4.69) is 29.3 Å². The van der Waals surface area contributed by atoms with Crippen molar-refractivity contribution in [1.29, 1.82) is 0 Å². The van der Waals surface area contributed by atoms with Crippen molar-refractivity contribution in [3.63, 3.8) is 0 Å². The van der Waals surface area contributed by atoms with Crippen LogP contribution in [0.3, 0.4) is 0 Å². The fraction of sp³-hybridized carbons (Fsp3) is 0.556. The first-order valence-electron chi connectivity index (χ1n) is 10.2. The van der Waals surface area contributed by atoms with E-state index >= 15 is 0 Å². The van der Waals surface area contributed by atoms with Crippen molar-refractivity contribution in [1.82, 2.24) is 9.55 Å². The number of H-pyrrole nitrogens is 1. The summed E-state index contributed by atoms with van der Waals surface area (Å²) in [6, 6.07) is -0.762. The van der Waals surface area contributed by atoms with Crippen molar-refractivity contribution in [2.24, 2.45) is 5.11 Å². The minimum atomic E-state index is -1.45. The molecule has 0 saturated carbocycles. The maximum absolute atomic E-state index is 12.1. The van der Waals surface area contributed by atoms with Gasteiger partial charge in [0.25, 0.3) is 10.6 Å². The molecule has 1 unspecified atom stereocenters. The van der Waals surface area contributed by atoms with Crippen molar-refractivity contribution in [3.05, 3.63) is 65.3 Å². The lowest BCUT2D eigenvalue weighted by Gasteiger charge is -2.16. The van der Waals surface area contributed by atoms with E-state index in [0.29, 0.717) is 0 Å². The lowest BCUT2D eigenvalue weighted by atomic mass is 10.1. The van der Waals surface area contributed by atoms with Crippen molar-refractivity contribution in [3.8, 4) is 0 Å². The zero-order valence-electron chi connectivity index (χ0n) is 19.0. The molecule has 0 amide bonds. The molecule has 1 fully saturated rings. The van der Waals surface area contributed by atoms with Gasteiger partial charge in [-0.1, -0.05) is 5.11 Å². The number of nitrogens with one attached hydrogen (secondary N) is 1. The van der Waals surface area contributed by atoms with Crippen LogP contribution in [-0.2, 0) is 28.5 Å². The highest BCUT2D eigenvalue weighted by Gasteiger charge is 2.37. The zero-order chi connectivity index (χ0) is 26.7. The summed E-state index contributed by atoms with van der Waals surface area (Å²) in [6.45, 7) is 1.75. The number of aromatic amines is 1. The second-order valence-corrected chi connectivity index (χ2v) is 7.03. The summed E-state index contributed by atoms with van der Waals surface area (Å²) in [5.41, 5.74) is 7.81. The third-order valence-electron chi connectivity index (χ3n) is 4.48. The van der Waals surface area contributed by atoms with Crippen LogP contribution in [0.15, 0.2) is 33.1 Å². The van der Waals surface area contributed by atoms with Crippen LogP contribution in [0.2, 0.25) is 0 Å². The van der Waals surface area contributed by atoms with Gasteiger partial charge >= 0.3 is 18.0 Å². The highest BCUT2D eigenvalue weighted by Crippen LogP contribution is 2.30. The van der Waals surface area contributed by atoms with Crippen LogP contribution >= 0.6 is 0 Å². The summed E-state index contributed by atoms with van der Waals surface area (Å²) >= 11 is 0. The number of aryl methyl sites for hydroxylation is 1. The molecule has 0 radical (unpaired) electrons.